The van der Waals surface area contributed by atoms with Gasteiger partial charge >= 0.3 is 0 Å². The fourth-order valence-corrected chi connectivity index (χ4v) is 7.46. The third kappa shape index (κ3) is 4.98. The molecular weight excluding hydrogens is 561 g/mol. The molecule has 0 unspecified atom stereocenters. The number of aryl methyl sites for hydroxylation is 2. The number of pyridine rings is 1. The first-order valence-electron chi connectivity index (χ1n) is 12.3. The van der Waals surface area contributed by atoms with Gasteiger partial charge in [-0.1, -0.05) is 35.3 Å². The van der Waals surface area contributed by atoms with E-state index in [4.69, 9.17) is 32.9 Å². The summed E-state index contributed by atoms with van der Waals surface area (Å²) in [5, 5.41) is 3.65. The van der Waals surface area contributed by atoms with Crippen LogP contribution >= 0.6 is 23.2 Å². The highest BCUT2D eigenvalue weighted by atomic mass is 35.5. The molecule has 0 spiro atoms. The van der Waals surface area contributed by atoms with Gasteiger partial charge in [0.25, 0.3) is 0 Å². The minimum absolute atomic E-state index is 0.0370. The van der Waals surface area contributed by atoms with E-state index >= 15 is 0 Å². The second kappa shape index (κ2) is 10.8. The van der Waals surface area contributed by atoms with Crippen LogP contribution in [0.1, 0.15) is 24.1 Å². The highest BCUT2D eigenvalue weighted by molar-refractivity contribution is 7.89. The molecule has 5 rings (SSSR count). The van der Waals surface area contributed by atoms with Crippen LogP contribution < -0.4 is 10.1 Å². The third-order valence-corrected chi connectivity index (χ3v) is 9.73. The number of fused-ring (bicyclic) bond motifs is 1. The van der Waals surface area contributed by atoms with Crippen LogP contribution in [-0.4, -0.2) is 52.8 Å². The topological polar surface area (TPSA) is 106 Å². The molecule has 0 aliphatic carbocycles. The molecule has 39 heavy (non-hydrogen) atoms. The molecule has 0 saturated carbocycles. The summed E-state index contributed by atoms with van der Waals surface area (Å²) in [6.45, 7) is 2.05. The Morgan fingerprint density at radius 3 is 2.74 bits per heavy atom. The van der Waals surface area contributed by atoms with Crippen molar-refractivity contribution in [2.75, 3.05) is 13.6 Å². The number of aromatic nitrogens is 3. The molecular formula is C27H27Cl2N5O4S. The number of hydrogen-bond acceptors (Lipinski definition) is 6. The van der Waals surface area contributed by atoms with Gasteiger partial charge in [-0.15, -0.1) is 0 Å². The van der Waals surface area contributed by atoms with E-state index in [9.17, 15) is 13.2 Å². The first-order chi connectivity index (χ1) is 18.6. The lowest BCUT2D eigenvalue weighted by Crippen LogP contribution is -2.44. The molecule has 0 radical (unpaired) electrons. The molecule has 9 nitrogen and oxygen atoms in total. The van der Waals surface area contributed by atoms with E-state index in [-0.39, 0.29) is 34.0 Å². The Kier molecular flexibility index (Phi) is 7.56. The van der Waals surface area contributed by atoms with E-state index in [1.54, 1.807) is 18.6 Å². The molecule has 1 N–H and O–H groups in total. The highest BCUT2D eigenvalue weighted by Crippen LogP contribution is 2.37. The van der Waals surface area contributed by atoms with Gasteiger partial charge < -0.3 is 14.6 Å². The van der Waals surface area contributed by atoms with Crippen LogP contribution in [0.5, 0.6) is 5.75 Å². The Balaban J connectivity index is 1.50. The quantitative estimate of drug-likeness (QED) is 0.335. The fraction of sp³-hybridized carbons (Fsp3) is 0.296. The number of sulfonamides is 1. The van der Waals surface area contributed by atoms with Gasteiger partial charge in [0.1, 0.15) is 28.8 Å². The lowest BCUT2D eigenvalue weighted by molar-refractivity contribution is -0.123. The zero-order valence-corrected chi connectivity index (χ0v) is 23.9. The van der Waals surface area contributed by atoms with Crippen molar-refractivity contribution in [3.8, 4) is 17.0 Å². The smallest absolute Gasteiger partial charge is 0.245 e. The number of halogens is 2. The molecule has 12 heteroatoms. The first kappa shape index (κ1) is 27.4. The molecule has 204 valence electrons. The second-order valence-electron chi connectivity index (χ2n) is 9.37. The minimum atomic E-state index is -4.07. The molecule has 3 heterocycles. The van der Waals surface area contributed by atoms with E-state index in [0.717, 1.165) is 22.3 Å². The number of imidazole rings is 1. The van der Waals surface area contributed by atoms with Crippen LogP contribution in [0.3, 0.4) is 0 Å². The van der Waals surface area contributed by atoms with Gasteiger partial charge in [-0.25, -0.2) is 18.4 Å². The van der Waals surface area contributed by atoms with Crippen molar-refractivity contribution < 1.29 is 17.9 Å². The van der Waals surface area contributed by atoms with Crippen LogP contribution in [0.4, 0.5) is 0 Å². The van der Waals surface area contributed by atoms with Crippen LogP contribution in [0.25, 0.3) is 22.2 Å². The number of rotatable bonds is 7. The molecule has 1 atom stereocenters. The summed E-state index contributed by atoms with van der Waals surface area (Å²) in [6, 6.07) is 9.68. The summed E-state index contributed by atoms with van der Waals surface area (Å²) in [7, 11) is -0.655. The van der Waals surface area contributed by atoms with E-state index in [1.165, 1.54) is 23.5 Å². The zero-order chi connectivity index (χ0) is 27.9. The van der Waals surface area contributed by atoms with Gasteiger partial charge in [0.2, 0.25) is 15.9 Å². The Morgan fingerprint density at radius 2 is 2.03 bits per heavy atom. The maximum Gasteiger partial charge on any atom is 0.245 e. The molecule has 1 amide bonds. The SMILES string of the molecule is CNC(=O)[C@@H]1CCCN1S(=O)(=O)c1ccc(Cl)c(COc2cccc3c(-c4cncn4C)cc(C)nc23)c1Cl. The Hall–Kier alpha value is -3.18. The summed E-state index contributed by atoms with van der Waals surface area (Å²) in [4.78, 5) is 21.1. The fourth-order valence-electron chi connectivity index (χ4n) is 4.94. The summed E-state index contributed by atoms with van der Waals surface area (Å²) in [6.07, 6.45) is 4.55. The predicted octanol–water partition coefficient (Wildman–Crippen LogP) is 4.73. The second-order valence-corrected chi connectivity index (χ2v) is 12.0. The van der Waals surface area contributed by atoms with Crippen molar-refractivity contribution >= 4 is 50.0 Å². The normalized spacial score (nSPS) is 16.1. The Labute approximate surface area is 236 Å². The average molecular weight is 589 g/mol. The van der Waals surface area contributed by atoms with Crippen molar-refractivity contribution in [2.45, 2.75) is 37.3 Å². The number of hydrogen-bond donors (Lipinski definition) is 1. The molecule has 1 aliphatic rings. The van der Waals surface area contributed by atoms with Crippen LogP contribution in [0.2, 0.25) is 10.0 Å². The van der Waals surface area contributed by atoms with Gasteiger partial charge in [-0.05, 0) is 44.0 Å². The third-order valence-electron chi connectivity index (χ3n) is 6.89. The van der Waals surface area contributed by atoms with Gasteiger partial charge in [0.05, 0.1) is 23.2 Å². The van der Waals surface area contributed by atoms with Gasteiger partial charge in [-0.2, -0.15) is 4.31 Å². The largest absolute Gasteiger partial charge is 0.487 e. The zero-order valence-electron chi connectivity index (χ0n) is 21.6. The van der Waals surface area contributed by atoms with Crippen LogP contribution in [0.15, 0.2) is 53.8 Å². The molecule has 0 bridgehead atoms. The van der Waals surface area contributed by atoms with Crippen molar-refractivity contribution in [3.63, 3.8) is 0 Å². The number of amides is 1. The molecule has 1 saturated heterocycles. The van der Waals surface area contributed by atoms with Crippen molar-refractivity contribution in [2.24, 2.45) is 7.05 Å². The number of likely N-dealkylation sites (N-methyl/N-ethyl adjacent to an activating group) is 1. The number of benzene rings is 2. The number of ether oxygens (including phenoxy) is 1. The number of nitrogens with one attached hydrogen (secondary N) is 1. The monoisotopic (exact) mass is 587 g/mol. The van der Waals surface area contributed by atoms with E-state index < -0.39 is 16.1 Å². The summed E-state index contributed by atoms with van der Waals surface area (Å²) < 4.78 is 36.4. The average Bonchev–Trinajstić information content (AvgIpc) is 3.57. The number of carbonyl (C=O) groups excluding carboxylic acids is 1. The number of carbonyl (C=O) groups is 1. The van der Waals surface area contributed by atoms with Gasteiger partial charge in [0.15, 0.2) is 0 Å². The summed E-state index contributed by atoms with van der Waals surface area (Å²) in [5.74, 6) is 0.146. The molecule has 1 fully saturated rings. The van der Waals surface area contributed by atoms with E-state index in [1.807, 2.05) is 36.7 Å². The van der Waals surface area contributed by atoms with Crippen LogP contribution in [-0.2, 0) is 28.5 Å². The highest BCUT2D eigenvalue weighted by Gasteiger charge is 2.40. The van der Waals surface area contributed by atoms with Gasteiger partial charge in [-0.3, -0.25) is 4.79 Å². The lowest BCUT2D eigenvalue weighted by atomic mass is 10.0. The Bertz CT molecular complexity index is 1690. The van der Waals surface area contributed by atoms with Crippen LogP contribution in [0, 0.1) is 6.92 Å². The molecule has 4 aromatic rings. The van der Waals surface area contributed by atoms with E-state index in [2.05, 4.69) is 10.3 Å². The standard InChI is InChI=1S/C27H27Cl2N5O4S/c1-16-12-18(22-13-31-15-33(22)3)17-6-4-8-23(26(17)32-16)38-14-19-20(28)9-10-24(25(19)29)39(36,37)34-11-5-7-21(34)27(35)30-2/h4,6,8-10,12-13,15,21H,5,7,11,14H2,1-3H3,(H,30,35)/t21-/m0/s1. The minimum Gasteiger partial charge on any atom is -0.487 e. The molecule has 2 aromatic carbocycles. The Morgan fingerprint density at radius 1 is 1.23 bits per heavy atom. The lowest BCUT2D eigenvalue weighted by Gasteiger charge is -2.24. The van der Waals surface area contributed by atoms with Crippen molar-refractivity contribution in [1.82, 2.24) is 24.2 Å². The van der Waals surface area contributed by atoms with E-state index in [0.29, 0.717) is 29.7 Å². The summed E-state index contributed by atoms with van der Waals surface area (Å²) in [5.41, 5.74) is 3.67. The maximum atomic E-state index is 13.6. The molecule has 1 aliphatic heterocycles. The maximum absolute atomic E-state index is 13.6. The van der Waals surface area contributed by atoms with Crippen molar-refractivity contribution in [3.05, 3.63) is 70.2 Å². The van der Waals surface area contributed by atoms with Crippen molar-refractivity contribution in [1.29, 1.82) is 0 Å². The first-order valence-corrected chi connectivity index (χ1v) is 14.5. The summed E-state index contributed by atoms with van der Waals surface area (Å²) >= 11 is 13.1. The number of nitrogens with zero attached hydrogens (tertiary/aromatic N) is 4. The van der Waals surface area contributed by atoms with Gasteiger partial charge in [0, 0.05) is 47.9 Å². The molecule has 2 aromatic heterocycles. The number of para-hydroxylation sites is 1. The predicted molar refractivity (Wildman–Crippen MR) is 150 cm³/mol.